The molecule has 1 rings (SSSR count). The van der Waals surface area contributed by atoms with Crippen molar-refractivity contribution in [2.45, 2.75) is 56.7 Å². The van der Waals surface area contributed by atoms with E-state index in [1.165, 1.54) is 13.8 Å². The maximum absolute atomic E-state index is 12.2. The maximum Gasteiger partial charge on any atom is 0.241 e. The fourth-order valence-electron chi connectivity index (χ4n) is 2.20. The first-order valence-electron chi connectivity index (χ1n) is 6.67. The van der Waals surface area contributed by atoms with Gasteiger partial charge in [0, 0.05) is 6.26 Å². The average Bonchev–Trinajstić information content (AvgIpc) is 2.31. The predicted molar refractivity (Wildman–Crippen MR) is 74.5 cm³/mol. The molecule has 0 saturated heterocycles. The average molecular weight is 291 g/mol. The zero-order chi connectivity index (χ0) is 14.9. The van der Waals surface area contributed by atoms with Gasteiger partial charge in [-0.25, -0.2) is 8.42 Å². The minimum absolute atomic E-state index is 0.148. The van der Waals surface area contributed by atoms with Crippen LogP contribution in [0.4, 0.5) is 0 Å². The van der Waals surface area contributed by atoms with Crippen molar-refractivity contribution in [1.29, 1.82) is 0 Å². The summed E-state index contributed by atoms with van der Waals surface area (Å²) in [7, 11) is -3.49. The van der Waals surface area contributed by atoms with Gasteiger partial charge in [-0.2, -0.15) is 0 Å². The summed E-state index contributed by atoms with van der Waals surface area (Å²) in [5.41, 5.74) is -0.661. The molecule has 2 N–H and O–H groups in total. The molecular formula is C13H25NO4S. The van der Waals surface area contributed by atoms with Gasteiger partial charge in [0.15, 0.2) is 9.84 Å². The van der Waals surface area contributed by atoms with Crippen LogP contribution in [-0.2, 0) is 14.6 Å². The fourth-order valence-corrected chi connectivity index (χ4v) is 2.58. The number of aliphatic hydroxyl groups excluding tert-OH is 1. The lowest BCUT2D eigenvalue weighted by Gasteiger charge is -2.40. The van der Waals surface area contributed by atoms with Crippen LogP contribution < -0.4 is 5.32 Å². The third-order valence-corrected chi connectivity index (χ3v) is 6.43. The Hall–Kier alpha value is -0.620. The van der Waals surface area contributed by atoms with Crippen LogP contribution in [0.1, 0.15) is 46.5 Å². The van der Waals surface area contributed by atoms with Gasteiger partial charge in [-0.3, -0.25) is 4.79 Å². The summed E-state index contributed by atoms with van der Waals surface area (Å²) in [5.74, 6) is 0.0538. The molecule has 0 spiro atoms. The summed E-state index contributed by atoms with van der Waals surface area (Å²) in [6.07, 6.45) is 4.30. The van der Waals surface area contributed by atoms with E-state index in [1.54, 1.807) is 0 Å². The van der Waals surface area contributed by atoms with Gasteiger partial charge in [0.2, 0.25) is 5.91 Å². The van der Waals surface area contributed by atoms with E-state index in [0.717, 1.165) is 19.1 Å². The molecule has 1 fully saturated rings. The Morgan fingerprint density at radius 1 is 1.37 bits per heavy atom. The second-order valence-electron chi connectivity index (χ2n) is 6.36. The molecule has 0 radical (unpaired) electrons. The molecule has 6 heteroatoms. The lowest BCUT2D eigenvalue weighted by atomic mass is 9.77. The highest BCUT2D eigenvalue weighted by Gasteiger charge is 2.43. The number of hydrogen-bond acceptors (Lipinski definition) is 4. The fraction of sp³-hybridized carbons (Fsp3) is 0.923. The minimum atomic E-state index is -3.49. The third-order valence-electron chi connectivity index (χ3n) is 4.39. The van der Waals surface area contributed by atoms with E-state index in [1.807, 2.05) is 0 Å². The SMILES string of the molecule is CC1CCC(CO)(NC(=O)C(C)(C)S(C)(=O)=O)CC1. The van der Waals surface area contributed by atoms with Crippen LogP contribution in [0.15, 0.2) is 0 Å². The van der Waals surface area contributed by atoms with Crippen LogP contribution in [0.5, 0.6) is 0 Å². The summed E-state index contributed by atoms with van der Waals surface area (Å²) in [6.45, 7) is 4.79. The molecule has 0 heterocycles. The first-order chi connectivity index (χ1) is 8.54. The molecule has 1 aliphatic rings. The number of carbonyl (C=O) groups is 1. The molecule has 0 aliphatic heterocycles. The quantitative estimate of drug-likeness (QED) is 0.805. The highest BCUT2D eigenvalue weighted by atomic mass is 32.2. The maximum atomic E-state index is 12.2. The molecule has 1 amide bonds. The van der Waals surface area contributed by atoms with Crippen molar-refractivity contribution in [3.63, 3.8) is 0 Å². The smallest absolute Gasteiger partial charge is 0.241 e. The second-order valence-corrected chi connectivity index (χ2v) is 8.92. The molecular weight excluding hydrogens is 266 g/mol. The normalized spacial score (nSPS) is 29.0. The highest BCUT2D eigenvalue weighted by molar-refractivity contribution is 7.92. The third kappa shape index (κ3) is 3.48. The molecule has 0 unspecified atom stereocenters. The second kappa shape index (κ2) is 5.40. The van der Waals surface area contributed by atoms with Crippen molar-refractivity contribution in [2.75, 3.05) is 12.9 Å². The number of rotatable bonds is 4. The number of nitrogens with one attached hydrogen (secondary N) is 1. The first-order valence-corrected chi connectivity index (χ1v) is 8.56. The molecule has 19 heavy (non-hydrogen) atoms. The van der Waals surface area contributed by atoms with Gasteiger partial charge in [-0.1, -0.05) is 6.92 Å². The van der Waals surface area contributed by atoms with Crippen LogP contribution in [0.3, 0.4) is 0 Å². The Labute approximate surface area is 115 Å². The molecule has 0 aromatic heterocycles. The lowest BCUT2D eigenvalue weighted by molar-refractivity contribution is -0.126. The molecule has 0 bridgehead atoms. The van der Waals surface area contributed by atoms with Gasteiger partial charge in [-0.15, -0.1) is 0 Å². The zero-order valence-corrected chi connectivity index (χ0v) is 13.0. The monoisotopic (exact) mass is 291 g/mol. The Morgan fingerprint density at radius 3 is 2.21 bits per heavy atom. The van der Waals surface area contributed by atoms with E-state index in [-0.39, 0.29) is 6.61 Å². The summed E-state index contributed by atoms with van der Waals surface area (Å²) < 4.78 is 21.8. The van der Waals surface area contributed by atoms with Gasteiger partial charge < -0.3 is 10.4 Å². The molecule has 1 aliphatic carbocycles. The molecule has 0 aromatic carbocycles. The molecule has 112 valence electrons. The van der Waals surface area contributed by atoms with Crippen LogP contribution in [0, 0.1) is 5.92 Å². The number of amides is 1. The van der Waals surface area contributed by atoms with Crippen molar-refractivity contribution >= 4 is 15.7 Å². The topological polar surface area (TPSA) is 83.5 Å². The Kier molecular flexibility index (Phi) is 4.67. The van der Waals surface area contributed by atoms with Crippen molar-refractivity contribution in [1.82, 2.24) is 5.32 Å². The van der Waals surface area contributed by atoms with Gasteiger partial charge in [0.05, 0.1) is 12.1 Å². The van der Waals surface area contributed by atoms with E-state index < -0.39 is 26.0 Å². The Bertz CT molecular complexity index is 434. The van der Waals surface area contributed by atoms with Crippen molar-refractivity contribution < 1.29 is 18.3 Å². The van der Waals surface area contributed by atoms with E-state index in [4.69, 9.17) is 0 Å². The lowest BCUT2D eigenvalue weighted by Crippen LogP contribution is -2.59. The van der Waals surface area contributed by atoms with Gasteiger partial charge >= 0.3 is 0 Å². The highest BCUT2D eigenvalue weighted by Crippen LogP contribution is 2.32. The first kappa shape index (κ1) is 16.4. The van der Waals surface area contributed by atoms with Crippen molar-refractivity contribution in [2.24, 2.45) is 5.92 Å². The van der Waals surface area contributed by atoms with E-state index in [0.29, 0.717) is 18.8 Å². The number of carbonyl (C=O) groups excluding carboxylic acids is 1. The summed E-state index contributed by atoms with van der Waals surface area (Å²) >= 11 is 0. The van der Waals surface area contributed by atoms with Crippen molar-refractivity contribution in [3.05, 3.63) is 0 Å². The number of hydrogen-bond donors (Lipinski definition) is 2. The van der Waals surface area contributed by atoms with Gasteiger partial charge in [0.25, 0.3) is 0 Å². The Morgan fingerprint density at radius 2 is 1.84 bits per heavy atom. The van der Waals surface area contributed by atoms with Crippen LogP contribution in [-0.4, -0.2) is 42.6 Å². The predicted octanol–water partition coefficient (Wildman–Crippen LogP) is 0.867. The summed E-state index contributed by atoms with van der Waals surface area (Å²) in [6, 6.07) is 0. The Balaban J connectivity index is 2.85. The molecule has 1 saturated carbocycles. The van der Waals surface area contributed by atoms with Gasteiger partial charge in [0.1, 0.15) is 4.75 Å². The standard InChI is InChI=1S/C13H25NO4S/c1-10-5-7-13(9-15,8-6-10)14-11(16)12(2,3)19(4,17)18/h10,15H,5-9H2,1-4H3,(H,14,16). The minimum Gasteiger partial charge on any atom is -0.394 e. The van der Waals surface area contributed by atoms with Crippen LogP contribution >= 0.6 is 0 Å². The molecule has 0 atom stereocenters. The molecule has 5 nitrogen and oxygen atoms in total. The zero-order valence-electron chi connectivity index (χ0n) is 12.2. The summed E-state index contributed by atoms with van der Waals surface area (Å²) in [4.78, 5) is 12.2. The van der Waals surface area contributed by atoms with Crippen molar-refractivity contribution in [3.8, 4) is 0 Å². The number of aliphatic hydroxyl groups is 1. The van der Waals surface area contributed by atoms with E-state index in [9.17, 15) is 18.3 Å². The largest absolute Gasteiger partial charge is 0.394 e. The molecule has 0 aromatic rings. The van der Waals surface area contributed by atoms with Crippen LogP contribution in [0.2, 0.25) is 0 Å². The van der Waals surface area contributed by atoms with E-state index >= 15 is 0 Å². The van der Waals surface area contributed by atoms with Gasteiger partial charge in [-0.05, 0) is 45.4 Å². The summed E-state index contributed by atoms with van der Waals surface area (Å²) in [5, 5.41) is 12.4. The van der Waals surface area contributed by atoms with E-state index in [2.05, 4.69) is 12.2 Å². The van der Waals surface area contributed by atoms with Crippen LogP contribution in [0.25, 0.3) is 0 Å². The number of sulfone groups is 1.